The molecule has 0 aliphatic heterocycles. The van der Waals surface area contributed by atoms with Gasteiger partial charge in [-0.25, -0.2) is 0 Å². The van der Waals surface area contributed by atoms with Gasteiger partial charge in [0, 0.05) is 34.3 Å². The van der Waals surface area contributed by atoms with E-state index in [1.165, 1.54) is 11.8 Å². The Hall–Kier alpha value is -3.71. The lowest BCUT2D eigenvalue weighted by molar-refractivity contribution is 0.102. The van der Waals surface area contributed by atoms with Crippen LogP contribution in [0.5, 0.6) is 0 Å². The molecule has 1 N–H and O–H groups in total. The Balaban J connectivity index is 1.33. The monoisotopic (exact) mass is 412 g/mol. The van der Waals surface area contributed by atoms with Crippen LogP contribution in [0.15, 0.2) is 83.1 Å². The van der Waals surface area contributed by atoms with E-state index in [0.717, 1.165) is 21.2 Å². The van der Waals surface area contributed by atoms with Crippen molar-refractivity contribution in [1.29, 1.82) is 0 Å². The third-order valence-corrected chi connectivity index (χ3v) is 6.04. The molecular formula is C23H16N4O2S. The molecule has 0 spiro atoms. The van der Waals surface area contributed by atoms with E-state index < -0.39 is 0 Å². The fourth-order valence-electron chi connectivity index (χ4n) is 3.45. The third-order valence-electron chi connectivity index (χ3n) is 4.98. The first-order valence-corrected chi connectivity index (χ1v) is 10.1. The second kappa shape index (κ2) is 7.27. The lowest BCUT2D eigenvalue weighted by atomic mass is 10.0. The summed E-state index contributed by atoms with van der Waals surface area (Å²) in [6.45, 7) is 0. The summed E-state index contributed by atoms with van der Waals surface area (Å²) in [6.07, 6.45) is 1.65. The molecule has 5 rings (SSSR count). The van der Waals surface area contributed by atoms with Gasteiger partial charge >= 0.3 is 0 Å². The Bertz CT molecular complexity index is 1290. The molecule has 30 heavy (non-hydrogen) atoms. The molecular weight excluding hydrogens is 396 g/mol. The first-order chi connectivity index (χ1) is 14.6. The van der Waals surface area contributed by atoms with Gasteiger partial charge in [0.1, 0.15) is 6.33 Å². The number of hydrogen-bond donors (Lipinski definition) is 1. The van der Waals surface area contributed by atoms with Gasteiger partial charge in [-0.05, 0) is 59.3 Å². The van der Waals surface area contributed by atoms with Gasteiger partial charge in [0.05, 0.1) is 0 Å². The molecule has 146 valence electrons. The molecule has 3 aromatic carbocycles. The van der Waals surface area contributed by atoms with Crippen molar-refractivity contribution in [1.82, 2.24) is 14.8 Å². The van der Waals surface area contributed by atoms with Crippen LogP contribution in [0.3, 0.4) is 0 Å². The van der Waals surface area contributed by atoms with Crippen LogP contribution >= 0.6 is 11.8 Å². The molecule has 1 aromatic heterocycles. The van der Waals surface area contributed by atoms with Gasteiger partial charge in [0.25, 0.3) is 5.91 Å². The molecule has 1 amide bonds. The maximum Gasteiger partial charge on any atom is 0.255 e. The van der Waals surface area contributed by atoms with E-state index in [1.54, 1.807) is 18.5 Å². The maximum atomic E-state index is 12.7. The van der Waals surface area contributed by atoms with Crippen LogP contribution in [0.25, 0.3) is 11.1 Å². The van der Waals surface area contributed by atoms with E-state index in [9.17, 15) is 9.59 Å². The molecule has 4 aromatic rings. The van der Waals surface area contributed by atoms with E-state index in [0.29, 0.717) is 22.4 Å². The highest BCUT2D eigenvalue weighted by atomic mass is 32.2. The SMILES string of the molecule is Cn1cnnc1Sc1ccc(NC(=O)c2ccc3c(c2)C(=O)c2ccccc2-3)cc1. The smallest absolute Gasteiger partial charge is 0.255 e. The molecule has 0 saturated carbocycles. The summed E-state index contributed by atoms with van der Waals surface area (Å²) < 4.78 is 1.84. The molecule has 1 heterocycles. The van der Waals surface area contributed by atoms with Gasteiger partial charge in [-0.3, -0.25) is 9.59 Å². The standard InChI is InChI=1S/C23H16N4O2S/c1-27-13-24-26-23(27)30-16-9-7-15(8-10-16)25-22(29)14-6-11-18-17-4-2-3-5-19(17)21(28)20(18)12-14/h2-13H,1H3,(H,25,29). The number of carbonyl (C=O) groups is 2. The average molecular weight is 412 g/mol. The number of hydrogen-bond acceptors (Lipinski definition) is 5. The summed E-state index contributed by atoms with van der Waals surface area (Å²) in [6, 6.07) is 20.3. The van der Waals surface area contributed by atoms with Gasteiger partial charge < -0.3 is 9.88 Å². The van der Waals surface area contributed by atoms with E-state index in [2.05, 4.69) is 15.5 Å². The van der Waals surface area contributed by atoms with Crippen LogP contribution in [0.1, 0.15) is 26.3 Å². The first-order valence-electron chi connectivity index (χ1n) is 9.31. The molecule has 7 heteroatoms. The number of fused-ring (bicyclic) bond motifs is 3. The summed E-state index contributed by atoms with van der Waals surface area (Å²) in [5, 5.41) is 11.6. The number of nitrogens with one attached hydrogen (secondary N) is 1. The van der Waals surface area contributed by atoms with E-state index in [4.69, 9.17) is 0 Å². The summed E-state index contributed by atoms with van der Waals surface area (Å²) in [7, 11) is 1.89. The maximum absolute atomic E-state index is 12.7. The van der Waals surface area contributed by atoms with Crippen LogP contribution in [0.4, 0.5) is 5.69 Å². The minimum absolute atomic E-state index is 0.0413. The summed E-state index contributed by atoms with van der Waals surface area (Å²) >= 11 is 1.49. The van der Waals surface area contributed by atoms with Gasteiger partial charge in [0.2, 0.25) is 0 Å². The van der Waals surface area contributed by atoms with Crippen LogP contribution in [0.2, 0.25) is 0 Å². The number of anilines is 1. The molecule has 0 bridgehead atoms. The second-order valence-corrected chi connectivity index (χ2v) is 7.98. The lowest BCUT2D eigenvalue weighted by Crippen LogP contribution is -2.12. The highest BCUT2D eigenvalue weighted by Crippen LogP contribution is 2.36. The summed E-state index contributed by atoms with van der Waals surface area (Å²) in [5.41, 5.74) is 4.17. The van der Waals surface area contributed by atoms with Crippen molar-refractivity contribution in [3.05, 3.63) is 89.7 Å². The predicted octanol–water partition coefficient (Wildman–Crippen LogP) is 4.43. The third kappa shape index (κ3) is 3.19. The molecule has 1 aliphatic carbocycles. The number of amides is 1. The Kier molecular flexibility index (Phi) is 4.44. The highest BCUT2D eigenvalue weighted by Gasteiger charge is 2.27. The van der Waals surface area contributed by atoms with Crippen molar-refractivity contribution in [2.45, 2.75) is 10.1 Å². The Morgan fingerprint density at radius 2 is 1.67 bits per heavy atom. The van der Waals surface area contributed by atoms with Crippen molar-refractivity contribution in [2.75, 3.05) is 5.32 Å². The molecule has 1 aliphatic rings. The normalized spacial score (nSPS) is 11.8. The zero-order valence-corrected chi connectivity index (χ0v) is 16.8. The highest BCUT2D eigenvalue weighted by molar-refractivity contribution is 7.99. The quantitative estimate of drug-likeness (QED) is 0.473. The number of nitrogens with zero attached hydrogens (tertiary/aromatic N) is 3. The molecule has 6 nitrogen and oxygen atoms in total. The van der Waals surface area contributed by atoms with Crippen molar-refractivity contribution >= 4 is 29.1 Å². The van der Waals surface area contributed by atoms with Crippen LogP contribution in [-0.4, -0.2) is 26.5 Å². The Morgan fingerprint density at radius 1 is 0.933 bits per heavy atom. The predicted molar refractivity (Wildman–Crippen MR) is 115 cm³/mol. The number of ketones is 1. The zero-order valence-electron chi connectivity index (χ0n) is 16.0. The molecule has 0 fully saturated rings. The first kappa shape index (κ1) is 18.3. The minimum Gasteiger partial charge on any atom is -0.322 e. The van der Waals surface area contributed by atoms with E-state index in [1.807, 2.05) is 66.2 Å². The van der Waals surface area contributed by atoms with Crippen molar-refractivity contribution in [2.24, 2.45) is 7.05 Å². The van der Waals surface area contributed by atoms with Crippen LogP contribution in [0, 0.1) is 0 Å². The fraction of sp³-hybridized carbons (Fsp3) is 0.0435. The Labute approximate surface area is 177 Å². The van der Waals surface area contributed by atoms with Gasteiger partial charge in [-0.15, -0.1) is 10.2 Å². The molecule has 0 radical (unpaired) electrons. The molecule has 0 saturated heterocycles. The topological polar surface area (TPSA) is 76.9 Å². The number of aryl methyl sites for hydroxylation is 1. The van der Waals surface area contributed by atoms with Gasteiger partial charge in [-0.2, -0.15) is 0 Å². The van der Waals surface area contributed by atoms with Crippen molar-refractivity contribution < 1.29 is 9.59 Å². The number of benzene rings is 3. The van der Waals surface area contributed by atoms with Gasteiger partial charge in [-0.1, -0.05) is 30.3 Å². The average Bonchev–Trinajstić information content (AvgIpc) is 3.30. The number of rotatable bonds is 4. The second-order valence-electron chi connectivity index (χ2n) is 6.94. The lowest BCUT2D eigenvalue weighted by Gasteiger charge is -2.08. The van der Waals surface area contributed by atoms with E-state index in [-0.39, 0.29) is 11.7 Å². The van der Waals surface area contributed by atoms with Gasteiger partial charge in [0.15, 0.2) is 10.9 Å². The molecule has 0 unspecified atom stereocenters. The number of carbonyl (C=O) groups excluding carboxylic acids is 2. The Morgan fingerprint density at radius 3 is 2.40 bits per heavy atom. The minimum atomic E-state index is -0.254. The van der Waals surface area contributed by atoms with Crippen molar-refractivity contribution in [3.63, 3.8) is 0 Å². The van der Waals surface area contributed by atoms with E-state index >= 15 is 0 Å². The molecule has 0 atom stereocenters. The number of aromatic nitrogens is 3. The summed E-state index contributed by atoms with van der Waals surface area (Å²) in [4.78, 5) is 26.4. The van der Waals surface area contributed by atoms with Crippen LogP contribution < -0.4 is 5.32 Å². The summed E-state index contributed by atoms with van der Waals surface area (Å²) in [5.74, 6) is -0.296. The largest absolute Gasteiger partial charge is 0.322 e. The zero-order chi connectivity index (χ0) is 20.7. The van der Waals surface area contributed by atoms with Crippen LogP contribution in [-0.2, 0) is 7.05 Å². The fourth-order valence-corrected chi connectivity index (χ4v) is 4.21. The van der Waals surface area contributed by atoms with Crippen molar-refractivity contribution in [3.8, 4) is 11.1 Å².